The Morgan fingerprint density at radius 1 is 0.865 bits per heavy atom. The van der Waals surface area contributed by atoms with Crippen LogP contribution in [0.4, 0.5) is 20.3 Å². The lowest BCUT2D eigenvalue weighted by atomic mass is 9.94. The molecule has 52 heavy (non-hydrogen) atoms. The Kier molecular flexibility index (Phi) is 8.65. The molecule has 12 heteroatoms. The van der Waals surface area contributed by atoms with Crippen LogP contribution in [0.1, 0.15) is 52.7 Å². The molecular formula is C40H34F2N8O2. The second-order valence-corrected chi connectivity index (χ2v) is 12.8. The Labute approximate surface area is 298 Å². The van der Waals surface area contributed by atoms with E-state index in [2.05, 4.69) is 48.7 Å². The number of rotatable bonds is 11. The molecule has 1 amide bonds. The summed E-state index contributed by atoms with van der Waals surface area (Å²) < 4.78 is 30.8. The highest BCUT2D eigenvalue weighted by molar-refractivity contribution is 6.36. The van der Waals surface area contributed by atoms with Crippen LogP contribution < -0.4 is 26.6 Å². The second-order valence-electron chi connectivity index (χ2n) is 12.8. The van der Waals surface area contributed by atoms with Gasteiger partial charge in [0.05, 0.1) is 11.4 Å². The molecule has 3 aromatic carbocycles. The number of benzene rings is 3. The van der Waals surface area contributed by atoms with Crippen LogP contribution in [0.3, 0.4) is 0 Å². The van der Waals surface area contributed by atoms with E-state index < -0.39 is 17.5 Å². The zero-order valence-corrected chi connectivity index (χ0v) is 28.1. The first-order chi connectivity index (χ1) is 25.3. The summed E-state index contributed by atoms with van der Waals surface area (Å²) >= 11 is 0. The van der Waals surface area contributed by atoms with Crippen LogP contribution in [-0.4, -0.2) is 32.8 Å². The fourth-order valence-electron chi connectivity index (χ4n) is 6.53. The topological polar surface area (TPSA) is 146 Å². The monoisotopic (exact) mass is 696 g/mol. The fraction of sp³-hybridized carbons (Fsp3) is 0.150. The SMILES string of the molecule is CCC(=O)C(=O)NCc1cc(F)cc(C2=CC=CNc3nc(C4=C5NC5Nc5cc(F)c(-c6cncc(CNCc7ccccc7)c6)cc54)[nH]c32)c1. The average molecular weight is 697 g/mol. The molecule has 5 aromatic rings. The molecule has 6 N–H and O–H groups in total. The minimum atomic E-state index is -0.707. The van der Waals surface area contributed by atoms with Gasteiger partial charge in [-0.05, 0) is 64.7 Å². The van der Waals surface area contributed by atoms with Crippen LogP contribution >= 0.6 is 0 Å². The quantitative estimate of drug-likeness (QED) is 0.0716. The zero-order valence-electron chi connectivity index (χ0n) is 28.1. The van der Waals surface area contributed by atoms with E-state index in [-0.39, 0.29) is 24.9 Å². The van der Waals surface area contributed by atoms with Gasteiger partial charge in [0.15, 0.2) is 5.82 Å². The molecule has 3 aliphatic rings. The molecule has 260 valence electrons. The maximum absolute atomic E-state index is 15.8. The molecule has 10 nitrogen and oxygen atoms in total. The van der Waals surface area contributed by atoms with Gasteiger partial charge >= 0.3 is 0 Å². The van der Waals surface area contributed by atoms with Crippen molar-refractivity contribution in [2.24, 2.45) is 0 Å². The molecule has 1 unspecified atom stereocenters. The number of aromatic nitrogens is 3. The number of anilines is 2. The predicted molar refractivity (Wildman–Crippen MR) is 195 cm³/mol. The van der Waals surface area contributed by atoms with E-state index in [0.29, 0.717) is 63.9 Å². The van der Waals surface area contributed by atoms with Gasteiger partial charge in [-0.2, -0.15) is 0 Å². The summed E-state index contributed by atoms with van der Waals surface area (Å²) in [7, 11) is 0. The second kappa shape index (κ2) is 13.7. The molecule has 3 aliphatic heterocycles. The number of imidazole rings is 1. The van der Waals surface area contributed by atoms with Gasteiger partial charge in [-0.15, -0.1) is 0 Å². The number of hydrogen-bond acceptors (Lipinski definition) is 8. The Hall–Kier alpha value is -6.40. The van der Waals surface area contributed by atoms with Crippen LogP contribution in [0.2, 0.25) is 0 Å². The summed E-state index contributed by atoms with van der Waals surface area (Å²) in [6.07, 6.45) is 8.73. The Morgan fingerprint density at radius 2 is 1.69 bits per heavy atom. The van der Waals surface area contributed by atoms with Crippen molar-refractivity contribution < 1.29 is 18.4 Å². The van der Waals surface area contributed by atoms with Gasteiger partial charge in [0.1, 0.15) is 23.6 Å². The summed E-state index contributed by atoms with van der Waals surface area (Å²) in [5, 5.41) is 15.9. The number of fused-ring (bicyclic) bond motifs is 3. The lowest BCUT2D eigenvalue weighted by Gasteiger charge is -2.18. The van der Waals surface area contributed by atoms with Crippen LogP contribution in [0.25, 0.3) is 22.3 Å². The highest BCUT2D eigenvalue weighted by Gasteiger charge is 2.40. The van der Waals surface area contributed by atoms with Gasteiger partial charge in [-0.3, -0.25) is 14.6 Å². The number of carbonyl (C=O) groups excluding carboxylic acids is 2. The molecule has 0 saturated carbocycles. The molecular weight excluding hydrogens is 662 g/mol. The third kappa shape index (κ3) is 6.59. The largest absolute Gasteiger partial charge is 0.360 e. The number of halogens is 2. The van der Waals surface area contributed by atoms with Crippen LogP contribution in [0, 0.1) is 11.6 Å². The number of carbonyl (C=O) groups is 2. The molecule has 0 radical (unpaired) electrons. The molecule has 2 aromatic heterocycles. The Balaban J connectivity index is 1.10. The number of aromatic amines is 1. The van der Waals surface area contributed by atoms with Gasteiger partial charge in [0.25, 0.3) is 5.91 Å². The van der Waals surface area contributed by atoms with E-state index in [1.807, 2.05) is 36.4 Å². The number of Topliss-reactive ketones (excluding diaryl/α,β-unsaturated/α-hetero) is 1. The Morgan fingerprint density at radius 3 is 2.54 bits per heavy atom. The molecule has 1 saturated heterocycles. The van der Waals surface area contributed by atoms with Crippen molar-refractivity contribution in [2.75, 3.05) is 10.6 Å². The summed E-state index contributed by atoms with van der Waals surface area (Å²) in [5.74, 6) is -1.05. The summed E-state index contributed by atoms with van der Waals surface area (Å²) in [6, 6.07) is 19.9. The summed E-state index contributed by atoms with van der Waals surface area (Å²) in [5.41, 5.74) is 8.57. The third-order valence-corrected chi connectivity index (χ3v) is 9.14. The minimum Gasteiger partial charge on any atom is -0.360 e. The maximum Gasteiger partial charge on any atom is 0.287 e. The number of nitrogens with one attached hydrogen (secondary N) is 6. The van der Waals surface area contributed by atoms with Crippen LogP contribution in [0.15, 0.2) is 103 Å². The van der Waals surface area contributed by atoms with Crippen molar-refractivity contribution >= 4 is 34.3 Å². The maximum atomic E-state index is 15.8. The predicted octanol–water partition coefficient (Wildman–Crippen LogP) is 6.12. The summed E-state index contributed by atoms with van der Waals surface area (Å²) in [6.45, 7) is 2.87. The molecule has 0 spiro atoms. The normalized spacial score (nSPS) is 15.2. The highest BCUT2D eigenvalue weighted by atomic mass is 19.1. The van der Waals surface area contributed by atoms with Gasteiger partial charge in [-0.1, -0.05) is 43.3 Å². The Bertz CT molecular complexity index is 2330. The number of hydrogen-bond donors (Lipinski definition) is 6. The number of H-pyrrole nitrogens is 1. The first kappa shape index (κ1) is 32.8. The number of allylic oxidation sites excluding steroid dienone is 2. The molecule has 1 atom stereocenters. The van der Waals surface area contributed by atoms with E-state index in [4.69, 9.17) is 4.98 Å². The van der Waals surface area contributed by atoms with E-state index in [1.54, 1.807) is 37.7 Å². The van der Waals surface area contributed by atoms with Gasteiger partial charge in [0.2, 0.25) is 5.78 Å². The molecule has 0 bridgehead atoms. The van der Waals surface area contributed by atoms with Crippen LogP contribution in [0.5, 0.6) is 0 Å². The van der Waals surface area contributed by atoms with Crippen molar-refractivity contribution in [3.05, 3.63) is 154 Å². The molecule has 1 fully saturated rings. The average Bonchev–Trinajstić information content (AvgIpc) is 3.86. The van der Waals surface area contributed by atoms with Crippen molar-refractivity contribution in [3.63, 3.8) is 0 Å². The molecule has 0 aliphatic carbocycles. The van der Waals surface area contributed by atoms with Gasteiger partial charge in [-0.25, -0.2) is 13.8 Å². The van der Waals surface area contributed by atoms with Crippen molar-refractivity contribution in [3.8, 4) is 11.1 Å². The highest BCUT2D eigenvalue weighted by Crippen LogP contribution is 2.45. The van der Waals surface area contributed by atoms with Crippen molar-refractivity contribution in [1.29, 1.82) is 0 Å². The smallest absolute Gasteiger partial charge is 0.287 e. The molecule has 5 heterocycles. The van der Waals surface area contributed by atoms with E-state index in [0.717, 1.165) is 22.4 Å². The lowest BCUT2D eigenvalue weighted by molar-refractivity contribution is -0.137. The lowest BCUT2D eigenvalue weighted by Crippen LogP contribution is -2.30. The first-order valence-corrected chi connectivity index (χ1v) is 17.0. The van der Waals surface area contributed by atoms with E-state index in [1.165, 1.54) is 23.8 Å². The summed E-state index contributed by atoms with van der Waals surface area (Å²) in [4.78, 5) is 36.7. The van der Waals surface area contributed by atoms with Gasteiger partial charge < -0.3 is 31.6 Å². The third-order valence-electron chi connectivity index (χ3n) is 9.14. The minimum absolute atomic E-state index is 0.00755. The first-order valence-electron chi connectivity index (χ1n) is 17.0. The standard InChI is InChI=1S/C40H34F2N8O2/c1-2-33(51)40(52)46-20-23-11-25(14-27(41)13-23)28-9-6-10-45-38-35(28)48-37(50-38)34-30-15-29(31(42)16-32(30)47-39-36(34)49-39)26-12-24(19-44-21-26)18-43-17-22-7-4-3-5-8-22/h3-16,19,21,39,43,45,47,49H,2,17-18,20H2,1H3,(H,46,52)(H,48,50). The fourth-order valence-corrected chi connectivity index (χ4v) is 6.53. The van der Waals surface area contributed by atoms with Crippen molar-refractivity contribution in [2.45, 2.75) is 39.1 Å². The van der Waals surface area contributed by atoms with E-state index >= 15 is 4.39 Å². The van der Waals surface area contributed by atoms with Crippen LogP contribution in [-0.2, 0) is 29.2 Å². The number of ketones is 1. The number of pyridine rings is 1. The number of nitrogens with zero attached hydrogens (tertiary/aromatic N) is 2. The molecule has 8 rings (SSSR count). The van der Waals surface area contributed by atoms with Crippen molar-refractivity contribution in [1.82, 2.24) is 30.9 Å². The van der Waals surface area contributed by atoms with Gasteiger partial charge in [0, 0.05) is 78.2 Å². The number of amides is 1. The van der Waals surface area contributed by atoms with E-state index in [9.17, 15) is 14.0 Å². The zero-order chi connectivity index (χ0) is 35.8.